The van der Waals surface area contributed by atoms with Crippen molar-refractivity contribution in [3.8, 4) is 0 Å². The smallest absolute Gasteiger partial charge is 0.193 e. The molecule has 1 N–H and O–H groups in total. The molecule has 2 aromatic rings. The van der Waals surface area contributed by atoms with Crippen molar-refractivity contribution in [2.75, 3.05) is 5.32 Å². The summed E-state index contributed by atoms with van der Waals surface area (Å²) in [5.41, 5.74) is 0.748. The highest BCUT2D eigenvalue weighted by molar-refractivity contribution is 5.52. The summed E-state index contributed by atoms with van der Waals surface area (Å²) in [5, 5.41) is 7.59. The molecule has 4 nitrogen and oxygen atoms in total. The minimum absolute atomic E-state index is 0.267. The van der Waals surface area contributed by atoms with Crippen molar-refractivity contribution in [1.82, 2.24) is 14.6 Å². The maximum Gasteiger partial charge on any atom is 0.193 e. The molecule has 1 aliphatic carbocycles. The molecule has 0 amide bonds. The molecule has 0 aliphatic heterocycles. The van der Waals surface area contributed by atoms with E-state index in [-0.39, 0.29) is 11.1 Å². The van der Waals surface area contributed by atoms with Gasteiger partial charge in [0.1, 0.15) is 5.82 Å². The first kappa shape index (κ1) is 14.0. The zero-order valence-electron chi connectivity index (χ0n) is 12.6. The minimum Gasteiger partial charge on any atom is -0.367 e. The lowest BCUT2D eigenvalue weighted by Gasteiger charge is -2.22. The van der Waals surface area contributed by atoms with E-state index in [1.165, 1.54) is 19.0 Å². The number of hydrogen-bond donors (Lipinski definition) is 1. The van der Waals surface area contributed by atoms with E-state index >= 15 is 0 Å². The van der Waals surface area contributed by atoms with E-state index in [9.17, 15) is 4.39 Å². The van der Waals surface area contributed by atoms with Gasteiger partial charge in [0.15, 0.2) is 11.5 Å². The Kier molecular flexibility index (Phi) is 3.43. The number of halogens is 1. The van der Waals surface area contributed by atoms with Gasteiger partial charge in [-0.1, -0.05) is 32.8 Å². The molecule has 0 atom stereocenters. The molecule has 1 fully saturated rings. The van der Waals surface area contributed by atoms with Crippen molar-refractivity contribution < 1.29 is 4.39 Å². The van der Waals surface area contributed by atoms with Gasteiger partial charge in [0.25, 0.3) is 0 Å². The van der Waals surface area contributed by atoms with Crippen LogP contribution in [0.4, 0.5) is 10.2 Å². The number of nitrogens with zero attached hydrogens (tertiary/aromatic N) is 3. The third kappa shape index (κ3) is 2.52. The summed E-state index contributed by atoms with van der Waals surface area (Å²) in [7, 11) is 0. The van der Waals surface area contributed by atoms with E-state index < -0.39 is 5.82 Å². The highest BCUT2D eigenvalue weighted by Crippen LogP contribution is 2.28. The number of anilines is 1. The van der Waals surface area contributed by atoms with Crippen molar-refractivity contribution in [1.29, 1.82) is 0 Å². The second kappa shape index (κ2) is 5.13. The van der Waals surface area contributed by atoms with Crippen LogP contribution < -0.4 is 5.32 Å². The number of allylic oxidation sites excluding steroid dienone is 1. The van der Waals surface area contributed by atoms with Crippen LogP contribution in [-0.4, -0.2) is 20.6 Å². The van der Waals surface area contributed by atoms with Crippen LogP contribution in [0, 0.1) is 5.82 Å². The van der Waals surface area contributed by atoms with Crippen LogP contribution in [0.3, 0.4) is 0 Å². The van der Waals surface area contributed by atoms with E-state index in [0.717, 1.165) is 24.4 Å². The van der Waals surface area contributed by atoms with Gasteiger partial charge >= 0.3 is 0 Å². The summed E-state index contributed by atoms with van der Waals surface area (Å²) in [6, 6.07) is 2.39. The predicted molar refractivity (Wildman–Crippen MR) is 82.0 cm³/mol. The van der Waals surface area contributed by atoms with Gasteiger partial charge in [-0.15, -0.1) is 6.58 Å². The van der Waals surface area contributed by atoms with E-state index in [4.69, 9.17) is 0 Å². The third-order valence-corrected chi connectivity index (χ3v) is 4.31. The number of hydrogen-bond acceptors (Lipinski definition) is 3. The van der Waals surface area contributed by atoms with E-state index in [2.05, 4.69) is 22.0 Å². The van der Waals surface area contributed by atoms with Crippen LogP contribution in [-0.2, 0) is 5.41 Å². The molecule has 1 saturated carbocycles. The zero-order valence-corrected chi connectivity index (χ0v) is 12.6. The quantitative estimate of drug-likeness (QED) is 0.873. The van der Waals surface area contributed by atoms with Gasteiger partial charge in [-0.2, -0.15) is 9.61 Å². The first-order valence-corrected chi connectivity index (χ1v) is 7.46. The Balaban J connectivity index is 2.09. The van der Waals surface area contributed by atoms with Crippen molar-refractivity contribution in [3.63, 3.8) is 0 Å². The molecule has 1 aliphatic rings. The lowest BCUT2D eigenvalue weighted by atomic mass is 9.89. The van der Waals surface area contributed by atoms with Gasteiger partial charge in [0.05, 0.1) is 11.9 Å². The van der Waals surface area contributed by atoms with Crippen molar-refractivity contribution in [2.24, 2.45) is 0 Å². The molecule has 21 heavy (non-hydrogen) atoms. The summed E-state index contributed by atoms with van der Waals surface area (Å²) in [5.74, 6) is 0.409. The SMILES string of the molecule is C=CC(C)(C)c1cc(NC2CCCC2)n2ncc(F)c2n1. The molecule has 0 unspecified atom stereocenters. The van der Waals surface area contributed by atoms with Crippen LogP contribution in [0.5, 0.6) is 0 Å². The monoisotopic (exact) mass is 288 g/mol. The molecule has 0 saturated heterocycles. The van der Waals surface area contributed by atoms with Gasteiger partial charge in [-0.3, -0.25) is 0 Å². The first-order valence-electron chi connectivity index (χ1n) is 7.46. The maximum absolute atomic E-state index is 13.9. The van der Waals surface area contributed by atoms with Crippen LogP contribution in [0.25, 0.3) is 5.65 Å². The van der Waals surface area contributed by atoms with E-state index in [1.54, 1.807) is 4.52 Å². The molecule has 0 bridgehead atoms. The van der Waals surface area contributed by atoms with Crippen LogP contribution >= 0.6 is 0 Å². The molecule has 2 heterocycles. The van der Waals surface area contributed by atoms with Crippen molar-refractivity contribution in [2.45, 2.75) is 51.0 Å². The van der Waals surface area contributed by atoms with E-state index in [0.29, 0.717) is 6.04 Å². The van der Waals surface area contributed by atoms with Crippen molar-refractivity contribution >= 4 is 11.5 Å². The molecule has 112 valence electrons. The Morgan fingerprint density at radius 3 is 2.81 bits per heavy atom. The lowest BCUT2D eigenvalue weighted by molar-refractivity contribution is 0.622. The standard InChI is InChI=1S/C16H21FN4/c1-4-16(2,3)13-9-14(19-11-7-5-6-8-11)21-15(20-13)12(17)10-18-21/h4,9-11,19H,1,5-8H2,2-3H3. The highest BCUT2D eigenvalue weighted by atomic mass is 19.1. The Morgan fingerprint density at radius 1 is 1.43 bits per heavy atom. The molecule has 0 radical (unpaired) electrons. The summed E-state index contributed by atoms with van der Waals surface area (Å²) in [6.07, 6.45) is 7.82. The Morgan fingerprint density at radius 2 is 2.14 bits per heavy atom. The molecule has 0 spiro atoms. The molecule has 0 aromatic carbocycles. The topological polar surface area (TPSA) is 42.2 Å². The summed E-state index contributed by atoms with van der Waals surface area (Å²) in [6.45, 7) is 7.90. The maximum atomic E-state index is 13.9. The van der Waals surface area contributed by atoms with Crippen molar-refractivity contribution in [3.05, 3.63) is 36.4 Å². The molecular weight excluding hydrogens is 267 g/mol. The Labute approximate surface area is 124 Å². The number of nitrogens with one attached hydrogen (secondary N) is 1. The number of aromatic nitrogens is 3. The third-order valence-electron chi connectivity index (χ3n) is 4.31. The van der Waals surface area contributed by atoms with Gasteiger partial charge in [-0.25, -0.2) is 9.37 Å². The fourth-order valence-corrected chi connectivity index (χ4v) is 2.75. The second-order valence-corrected chi connectivity index (χ2v) is 6.31. The molecule has 2 aromatic heterocycles. The zero-order chi connectivity index (χ0) is 15.0. The normalized spacial score (nSPS) is 16.5. The van der Waals surface area contributed by atoms with Crippen LogP contribution in [0.2, 0.25) is 0 Å². The largest absolute Gasteiger partial charge is 0.367 e. The Bertz CT molecular complexity index is 668. The Hall–Kier alpha value is -1.91. The molecule has 5 heteroatoms. The number of rotatable bonds is 4. The fourth-order valence-electron chi connectivity index (χ4n) is 2.75. The van der Waals surface area contributed by atoms with Gasteiger partial charge < -0.3 is 5.32 Å². The highest BCUT2D eigenvalue weighted by Gasteiger charge is 2.23. The summed E-state index contributed by atoms with van der Waals surface area (Å²) in [4.78, 5) is 4.43. The predicted octanol–water partition coefficient (Wildman–Crippen LogP) is 3.69. The van der Waals surface area contributed by atoms with Gasteiger partial charge in [0.2, 0.25) is 0 Å². The van der Waals surface area contributed by atoms with Crippen LogP contribution in [0.15, 0.2) is 24.9 Å². The fraction of sp³-hybridized carbons (Fsp3) is 0.500. The number of fused-ring (bicyclic) bond motifs is 1. The molecular formula is C16H21FN4. The van der Waals surface area contributed by atoms with Crippen LogP contribution in [0.1, 0.15) is 45.2 Å². The van der Waals surface area contributed by atoms with Gasteiger partial charge in [0, 0.05) is 17.5 Å². The average Bonchev–Trinajstić information content (AvgIpc) is 3.09. The lowest BCUT2D eigenvalue weighted by Crippen LogP contribution is -2.21. The average molecular weight is 288 g/mol. The summed E-state index contributed by atoms with van der Waals surface area (Å²) >= 11 is 0. The molecule has 3 rings (SSSR count). The summed E-state index contributed by atoms with van der Waals surface area (Å²) < 4.78 is 15.5. The first-order chi connectivity index (χ1) is 10.0. The van der Waals surface area contributed by atoms with Gasteiger partial charge in [-0.05, 0) is 12.8 Å². The van der Waals surface area contributed by atoms with E-state index in [1.807, 2.05) is 26.0 Å². The minimum atomic E-state index is -0.397. The second-order valence-electron chi connectivity index (χ2n) is 6.31.